The van der Waals surface area contributed by atoms with Crippen LogP contribution in [-0.4, -0.2) is 5.54 Å². The summed E-state index contributed by atoms with van der Waals surface area (Å²) in [5.41, 5.74) is 4.90. The first-order chi connectivity index (χ1) is 6.96. The molecule has 15 heavy (non-hydrogen) atoms. The summed E-state index contributed by atoms with van der Waals surface area (Å²) in [7, 11) is 0. The lowest BCUT2D eigenvalue weighted by Crippen LogP contribution is -2.50. The van der Waals surface area contributed by atoms with Crippen LogP contribution < -0.4 is 5.48 Å². The number of hydrogen-bond donors (Lipinski definition) is 1. The van der Waals surface area contributed by atoms with E-state index in [0.29, 0.717) is 11.3 Å². The van der Waals surface area contributed by atoms with Gasteiger partial charge >= 0.3 is 0 Å². The monoisotopic (exact) mass is 207 g/mol. The Hall–Kier alpha value is -0.760. The summed E-state index contributed by atoms with van der Waals surface area (Å²) in [6.07, 6.45) is 8.73. The standard InChI is InChI=1S/C13H21NO/c1-10-6-5-7-12(2,3)11(10)13(4)8-9-15-14-13/h6,8-9,11,14H,5,7H2,1-4H3. The molecule has 0 aromatic carbocycles. The molecule has 0 amide bonds. The van der Waals surface area contributed by atoms with E-state index in [-0.39, 0.29) is 5.54 Å². The lowest BCUT2D eigenvalue weighted by Gasteiger charge is -2.46. The van der Waals surface area contributed by atoms with Crippen LogP contribution in [0.2, 0.25) is 0 Å². The summed E-state index contributed by atoms with van der Waals surface area (Å²) >= 11 is 0. The molecule has 2 unspecified atom stereocenters. The van der Waals surface area contributed by atoms with Crippen molar-refractivity contribution in [1.82, 2.24) is 5.48 Å². The summed E-state index contributed by atoms with van der Waals surface area (Å²) in [6.45, 7) is 9.16. The van der Waals surface area contributed by atoms with E-state index >= 15 is 0 Å². The van der Waals surface area contributed by atoms with Crippen LogP contribution in [0.3, 0.4) is 0 Å². The van der Waals surface area contributed by atoms with Gasteiger partial charge in [0.05, 0.1) is 5.54 Å². The maximum absolute atomic E-state index is 5.20. The van der Waals surface area contributed by atoms with Crippen molar-refractivity contribution in [2.75, 3.05) is 0 Å². The number of nitrogens with one attached hydrogen (secondary N) is 1. The highest BCUT2D eigenvalue weighted by Gasteiger charge is 2.46. The summed E-state index contributed by atoms with van der Waals surface area (Å²) in [6, 6.07) is 0. The Balaban J connectivity index is 2.36. The van der Waals surface area contributed by atoms with E-state index in [1.807, 2.05) is 0 Å². The smallest absolute Gasteiger partial charge is 0.109 e. The maximum atomic E-state index is 5.20. The molecular weight excluding hydrogens is 186 g/mol. The maximum Gasteiger partial charge on any atom is 0.109 e. The van der Waals surface area contributed by atoms with Crippen molar-refractivity contribution < 1.29 is 4.84 Å². The van der Waals surface area contributed by atoms with Gasteiger partial charge in [-0.1, -0.05) is 25.5 Å². The predicted octanol–water partition coefficient (Wildman–Crippen LogP) is 3.18. The van der Waals surface area contributed by atoms with Crippen LogP contribution in [0.25, 0.3) is 0 Å². The molecule has 84 valence electrons. The Bertz CT molecular complexity index is 316. The summed E-state index contributed by atoms with van der Waals surface area (Å²) in [5.74, 6) is 0.512. The van der Waals surface area contributed by atoms with Crippen LogP contribution in [0.1, 0.15) is 40.5 Å². The van der Waals surface area contributed by atoms with Crippen LogP contribution in [-0.2, 0) is 4.84 Å². The van der Waals surface area contributed by atoms with Crippen molar-refractivity contribution in [1.29, 1.82) is 0 Å². The first-order valence-electron chi connectivity index (χ1n) is 5.73. The number of rotatable bonds is 1. The molecule has 1 heterocycles. The van der Waals surface area contributed by atoms with Crippen molar-refractivity contribution in [3.63, 3.8) is 0 Å². The molecule has 0 spiro atoms. The average molecular weight is 207 g/mol. The highest BCUT2D eigenvalue weighted by atomic mass is 16.6. The molecule has 2 heteroatoms. The Morgan fingerprint density at radius 2 is 2.13 bits per heavy atom. The van der Waals surface area contributed by atoms with Gasteiger partial charge in [0.1, 0.15) is 6.26 Å². The van der Waals surface area contributed by atoms with E-state index in [0.717, 1.165) is 0 Å². The summed E-state index contributed by atoms with van der Waals surface area (Å²) in [4.78, 5) is 5.20. The molecule has 0 fully saturated rings. The normalized spacial score (nSPS) is 38.7. The Morgan fingerprint density at radius 1 is 1.40 bits per heavy atom. The van der Waals surface area contributed by atoms with Gasteiger partial charge in [0, 0.05) is 5.92 Å². The van der Waals surface area contributed by atoms with E-state index in [1.54, 1.807) is 6.26 Å². The van der Waals surface area contributed by atoms with Gasteiger partial charge in [0.15, 0.2) is 0 Å². The fourth-order valence-corrected chi connectivity index (χ4v) is 3.36. The third-order valence-electron chi connectivity index (χ3n) is 3.85. The Labute approximate surface area is 92.3 Å². The first kappa shape index (κ1) is 10.7. The predicted molar refractivity (Wildman–Crippen MR) is 62.0 cm³/mol. The SMILES string of the molecule is CC1=CCCC(C)(C)C1C1(C)C=CON1. The fourth-order valence-electron chi connectivity index (χ4n) is 3.36. The minimum Gasteiger partial charge on any atom is -0.416 e. The summed E-state index contributed by atoms with van der Waals surface area (Å²) < 4.78 is 0. The highest BCUT2D eigenvalue weighted by Crippen LogP contribution is 2.47. The first-order valence-corrected chi connectivity index (χ1v) is 5.73. The van der Waals surface area contributed by atoms with E-state index < -0.39 is 0 Å². The lowest BCUT2D eigenvalue weighted by molar-refractivity contribution is 0.0408. The van der Waals surface area contributed by atoms with Gasteiger partial charge in [-0.3, -0.25) is 0 Å². The highest BCUT2D eigenvalue weighted by molar-refractivity contribution is 5.24. The molecule has 0 aromatic heterocycles. The van der Waals surface area contributed by atoms with Crippen LogP contribution in [0.4, 0.5) is 0 Å². The number of hydrogen-bond acceptors (Lipinski definition) is 2. The third-order valence-corrected chi connectivity index (χ3v) is 3.85. The molecule has 2 aliphatic rings. The second-order valence-corrected chi connectivity index (χ2v) is 5.71. The van der Waals surface area contributed by atoms with Crippen molar-refractivity contribution in [2.45, 2.75) is 46.1 Å². The summed E-state index contributed by atoms with van der Waals surface area (Å²) in [5, 5.41) is 0. The average Bonchev–Trinajstić information content (AvgIpc) is 2.50. The Kier molecular flexibility index (Phi) is 2.42. The van der Waals surface area contributed by atoms with Crippen molar-refractivity contribution in [2.24, 2.45) is 11.3 Å². The van der Waals surface area contributed by atoms with Crippen molar-refractivity contribution in [3.8, 4) is 0 Å². The van der Waals surface area contributed by atoms with Crippen LogP contribution in [0.5, 0.6) is 0 Å². The molecule has 0 saturated carbocycles. The van der Waals surface area contributed by atoms with Gasteiger partial charge in [-0.25, -0.2) is 0 Å². The molecule has 0 bridgehead atoms. The zero-order valence-corrected chi connectivity index (χ0v) is 10.1. The molecular formula is C13H21NO. The second kappa shape index (κ2) is 3.38. The molecule has 2 nitrogen and oxygen atoms in total. The molecule has 0 saturated heterocycles. The van der Waals surface area contributed by atoms with Gasteiger partial charge in [-0.15, -0.1) is 5.48 Å². The minimum absolute atomic E-state index is 0.0511. The number of hydroxylamine groups is 1. The Morgan fingerprint density at radius 3 is 2.67 bits per heavy atom. The third kappa shape index (κ3) is 1.71. The lowest BCUT2D eigenvalue weighted by atomic mass is 9.61. The molecule has 1 aliphatic heterocycles. The topological polar surface area (TPSA) is 21.3 Å². The van der Waals surface area contributed by atoms with Gasteiger partial charge in [-0.2, -0.15) is 0 Å². The van der Waals surface area contributed by atoms with E-state index in [4.69, 9.17) is 4.84 Å². The van der Waals surface area contributed by atoms with Gasteiger partial charge in [0.2, 0.25) is 0 Å². The van der Waals surface area contributed by atoms with E-state index in [9.17, 15) is 0 Å². The largest absolute Gasteiger partial charge is 0.416 e. The zero-order valence-electron chi connectivity index (χ0n) is 10.1. The van der Waals surface area contributed by atoms with Crippen LogP contribution >= 0.6 is 0 Å². The van der Waals surface area contributed by atoms with Crippen molar-refractivity contribution in [3.05, 3.63) is 24.0 Å². The van der Waals surface area contributed by atoms with Crippen LogP contribution in [0.15, 0.2) is 24.0 Å². The number of allylic oxidation sites excluding steroid dienone is 1. The van der Waals surface area contributed by atoms with Gasteiger partial charge in [0.25, 0.3) is 0 Å². The zero-order chi connectivity index (χ0) is 11.1. The van der Waals surface area contributed by atoms with E-state index in [1.165, 1.54) is 18.4 Å². The van der Waals surface area contributed by atoms with Crippen LogP contribution in [0, 0.1) is 11.3 Å². The molecule has 2 atom stereocenters. The molecule has 1 aliphatic carbocycles. The van der Waals surface area contributed by atoms with Gasteiger partial charge in [-0.05, 0) is 38.2 Å². The minimum atomic E-state index is -0.0511. The quantitative estimate of drug-likeness (QED) is 0.667. The molecule has 0 radical (unpaired) electrons. The second-order valence-electron chi connectivity index (χ2n) is 5.71. The molecule has 1 N–H and O–H groups in total. The van der Waals surface area contributed by atoms with Crippen molar-refractivity contribution >= 4 is 0 Å². The molecule has 2 rings (SSSR count). The van der Waals surface area contributed by atoms with Gasteiger partial charge < -0.3 is 4.84 Å². The molecule has 0 aromatic rings. The van der Waals surface area contributed by atoms with E-state index in [2.05, 4.69) is 45.3 Å². The fraction of sp³-hybridized carbons (Fsp3) is 0.692.